The molecule has 140 valence electrons. The number of nitrogens with zero attached hydrogens (tertiary/aromatic N) is 1. The normalized spacial score (nSPS) is 10.4. The van der Waals surface area contributed by atoms with Crippen LogP contribution in [0.25, 0.3) is 0 Å². The second-order valence-electron chi connectivity index (χ2n) is 5.74. The second-order valence-corrected chi connectivity index (χ2v) is 5.74. The Morgan fingerprint density at radius 1 is 1.16 bits per heavy atom. The van der Waals surface area contributed by atoms with Gasteiger partial charge < -0.3 is 19.1 Å². The standard InChI is InChI=1S/C19H29NO5/c1-4-24-19(22)15-20(11-13-23-3)18(21)10-5-6-12-25-17-9-7-8-16(2)14-17/h7-9,14H,4-6,10-13,15H2,1-3H3. The summed E-state index contributed by atoms with van der Waals surface area (Å²) in [4.78, 5) is 25.4. The first-order chi connectivity index (χ1) is 12.1. The number of amides is 1. The molecule has 1 aromatic carbocycles. The highest BCUT2D eigenvalue weighted by Crippen LogP contribution is 2.13. The number of hydrogen-bond acceptors (Lipinski definition) is 5. The average Bonchev–Trinajstić information content (AvgIpc) is 2.58. The van der Waals surface area contributed by atoms with Gasteiger partial charge >= 0.3 is 5.97 Å². The molecule has 0 heterocycles. The van der Waals surface area contributed by atoms with Crippen LogP contribution >= 0.6 is 0 Å². The van der Waals surface area contributed by atoms with Crippen LogP contribution in [-0.2, 0) is 19.1 Å². The Balaban J connectivity index is 2.31. The Labute approximate surface area is 150 Å². The van der Waals surface area contributed by atoms with Crippen molar-refractivity contribution in [1.29, 1.82) is 0 Å². The van der Waals surface area contributed by atoms with E-state index in [1.165, 1.54) is 4.90 Å². The first-order valence-corrected chi connectivity index (χ1v) is 8.68. The fourth-order valence-electron chi connectivity index (χ4n) is 2.29. The maximum Gasteiger partial charge on any atom is 0.325 e. The quantitative estimate of drug-likeness (QED) is 0.428. The van der Waals surface area contributed by atoms with Gasteiger partial charge in [-0.2, -0.15) is 0 Å². The number of rotatable bonds is 12. The summed E-state index contributed by atoms with van der Waals surface area (Å²) in [6.45, 7) is 5.37. The van der Waals surface area contributed by atoms with E-state index in [2.05, 4.69) is 0 Å². The fraction of sp³-hybridized carbons (Fsp3) is 0.579. The molecule has 0 aromatic heterocycles. The van der Waals surface area contributed by atoms with Crippen molar-refractivity contribution in [3.63, 3.8) is 0 Å². The molecule has 6 nitrogen and oxygen atoms in total. The smallest absolute Gasteiger partial charge is 0.325 e. The molecule has 0 unspecified atom stereocenters. The maximum atomic E-state index is 12.3. The number of carbonyl (C=O) groups excluding carboxylic acids is 2. The van der Waals surface area contributed by atoms with Crippen LogP contribution in [-0.4, -0.2) is 56.8 Å². The SMILES string of the molecule is CCOC(=O)CN(CCOC)C(=O)CCCCOc1cccc(C)c1. The Morgan fingerprint density at radius 3 is 2.64 bits per heavy atom. The minimum absolute atomic E-state index is 0.0319. The minimum Gasteiger partial charge on any atom is -0.494 e. The van der Waals surface area contributed by atoms with Crippen LogP contribution in [0.1, 0.15) is 31.7 Å². The van der Waals surface area contributed by atoms with Crippen molar-refractivity contribution in [1.82, 2.24) is 4.90 Å². The zero-order valence-corrected chi connectivity index (χ0v) is 15.5. The van der Waals surface area contributed by atoms with E-state index >= 15 is 0 Å². The van der Waals surface area contributed by atoms with Gasteiger partial charge in [0, 0.05) is 20.1 Å². The zero-order valence-electron chi connectivity index (χ0n) is 15.5. The molecule has 0 saturated heterocycles. The van der Waals surface area contributed by atoms with Crippen molar-refractivity contribution in [3.8, 4) is 5.75 Å². The van der Waals surface area contributed by atoms with Gasteiger partial charge in [-0.1, -0.05) is 12.1 Å². The van der Waals surface area contributed by atoms with Crippen LogP contribution in [0.15, 0.2) is 24.3 Å². The monoisotopic (exact) mass is 351 g/mol. The van der Waals surface area contributed by atoms with Crippen LogP contribution in [0.5, 0.6) is 5.75 Å². The Kier molecular flexibility index (Phi) is 10.3. The Bertz CT molecular complexity index is 532. The highest BCUT2D eigenvalue weighted by atomic mass is 16.5. The van der Waals surface area contributed by atoms with Crippen LogP contribution in [0.2, 0.25) is 0 Å². The molecule has 0 spiro atoms. The number of ether oxygens (including phenoxy) is 3. The first-order valence-electron chi connectivity index (χ1n) is 8.68. The second kappa shape index (κ2) is 12.3. The molecule has 0 fully saturated rings. The molecule has 0 aliphatic heterocycles. The molecule has 1 rings (SSSR count). The summed E-state index contributed by atoms with van der Waals surface area (Å²) in [6, 6.07) is 7.88. The number of hydrogen-bond donors (Lipinski definition) is 0. The number of benzene rings is 1. The summed E-state index contributed by atoms with van der Waals surface area (Å²) < 4.78 is 15.6. The highest BCUT2D eigenvalue weighted by molar-refractivity contribution is 5.82. The van der Waals surface area contributed by atoms with E-state index in [1.54, 1.807) is 14.0 Å². The molecule has 0 aliphatic carbocycles. The Hall–Kier alpha value is -2.08. The van der Waals surface area contributed by atoms with E-state index in [0.29, 0.717) is 39.2 Å². The molecule has 1 amide bonds. The van der Waals surface area contributed by atoms with E-state index in [1.807, 2.05) is 31.2 Å². The summed E-state index contributed by atoms with van der Waals surface area (Å²) in [7, 11) is 1.57. The average molecular weight is 351 g/mol. The van der Waals surface area contributed by atoms with Crippen molar-refractivity contribution < 1.29 is 23.8 Å². The van der Waals surface area contributed by atoms with Gasteiger partial charge in [0.25, 0.3) is 0 Å². The summed E-state index contributed by atoms with van der Waals surface area (Å²) in [5.41, 5.74) is 1.15. The molecule has 1 aromatic rings. The number of methoxy groups -OCH3 is 1. The third-order valence-corrected chi connectivity index (χ3v) is 3.59. The molecular formula is C19H29NO5. The van der Waals surface area contributed by atoms with E-state index in [0.717, 1.165) is 17.7 Å². The van der Waals surface area contributed by atoms with Crippen molar-refractivity contribution >= 4 is 11.9 Å². The number of aryl methyl sites for hydroxylation is 1. The largest absolute Gasteiger partial charge is 0.494 e. The number of esters is 1. The molecule has 25 heavy (non-hydrogen) atoms. The molecule has 0 saturated carbocycles. The molecular weight excluding hydrogens is 322 g/mol. The molecule has 0 radical (unpaired) electrons. The van der Waals surface area contributed by atoms with Crippen LogP contribution < -0.4 is 4.74 Å². The van der Waals surface area contributed by atoms with Crippen molar-refractivity contribution in [2.45, 2.75) is 33.1 Å². The fourth-order valence-corrected chi connectivity index (χ4v) is 2.29. The lowest BCUT2D eigenvalue weighted by atomic mass is 10.2. The van der Waals surface area contributed by atoms with Gasteiger partial charge in [0.1, 0.15) is 12.3 Å². The van der Waals surface area contributed by atoms with E-state index in [9.17, 15) is 9.59 Å². The predicted octanol–water partition coefficient (Wildman–Crippen LogP) is 2.58. The third kappa shape index (κ3) is 9.10. The van der Waals surface area contributed by atoms with Gasteiger partial charge in [-0.05, 0) is 44.4 Å². The molecule has 0 bridgehead atoms. The lowest BCUT2D eigenvalue weighted by Gasteiger charge is -2.21. The van der Waals surface area contributed by atoms with Gasteiger partial charge in [-0.15, -0.1) is 0 Å². The van der Waals surface area contributed by atoms with Crippen molar-refractivity contribution in [2.24, 2.45) is 0 Å². The number of unbranched alkanes of at least 4 members (excludes halogenated alkanes) is 1. The first kappa shape index (κ1) is 21.0. The zero-order chi connectivity index (χ0) is 18.5. The molecule has 0 N–H and O–H groups in total. The van der Waals surface area contributed by atoms with Gasteiger partial charge in [-0.25, -0.2) is 0 Å². The lowest BCUT2D eigenvalue weighted by Crippen LogP contribution is -2.38. The predicted molar refractivity (Wildman–Crippen MR) is 95.6 cm³/mol. The van der Waals surface area contributed by atoms with Gasteiger partial charge in [0.2, 0.25) is 5.91 Å². The topological polar surface area (TPSA) is 65.1 Å². The molecule has 0 aliphatic rings. The molecule has 0 atom stereocenters. The van der Waals surface area contributed by atoms with Crippen molar-refractivity contribution in [3.05, 3.63) is 29.8 Å². The van der Waals surface area contributed by atoms with Gasteiger partial charge in [0.15, 0.2) is 0 Å². The van der Waals surface area contributed by atoms with Gasteiger partial charge in [0.05, 0.1) is 19.8 Å². The summed E-state index contributed by atoms with van der Waals surface area (Å²) in [5, 5.41) is 0. The Morgan fingerprint density at radius 2 is 1.96 bits per heavy atom. The van der Waals surface area contributed by atoms with Gasteiger partial charge in [-0.3, -0.25) is 9.59 Å². The summed E-state index contributed by atoms with van der Waals surface area (Å²) >= 11 is 0. The molecule has 6 heteroatoms. The lowest BCUT2D eigenvalue weighted by molar-refractivity contribution is -0.149. The van der Waals surface area contributed by atoms with E-state index in [-0.39, 0.29) is 12.5 Å². The summed E-state index contributed by atoms with van der Waals surface area (Å²) in [6.07, 6.45) is 1.86. The minimum atomic E-state index is -0.394. The van der Waals surface area contributed by atoms with E-state index < -0.39 is 5.97 Å². The number of carbonyl (C=O) groups is 2. The van der Waals surface area contributed by atoms with Crippen LogP contribution in [0.4, 0.5) is 0 Å². The van der Waals surface area contributed by atoms with Crippen molar-refractivity contribution in [2.75, 3.05) is 40.0 Å². The highest BCUT2D eigenvalue weighted by Gasteiger charge is 2.17. The maximum absolute atomic E-state index is 12.3. The van der Waals surface area contributed by atoms with Crippen LogP contribution in [0, 0.1) is 6.92 Å². The third-order valence-electron chi connectivity index (χ3n) is 3.59. The summed E-state index contributed by atoms with van der Waals surface area (Å²) in [5.74, 6) is 0.380. The van der Waals surface area contributed by atoms with E-state index in [4.69, 9.17) is 14.2 Å². The van der Waals surface area contributed by atoms with Crippen LogP contribution in [0.3, 0.4) is 0 Å².